The first kappa shape index (κ1) is 14.7. The lowest BCUT2D eigenvalue weighted by molar-refractivity contribution is 0.600. The molecule has 6 nitrogen and oxygen atoms in total. The van der Waals surface area contributed by atoms with Crippen LogP contribution in [0.5, 0.6) is 0 Å². The molecule has 0 aliphatic carbocycles. The van der Waals surface area contributed by atoms with Gasteiger partial charge in [0.05, 0.1) is 16.5 Å². The highest BCUT2D eigenvalue weighted by Gasteiger charge is 2.13. The van der Waals surface area contributed by atoms with Crippen LogP contribution in [-0.4, -0.2) is 23.0 Å². The number of hydrogen-bond acceptors (Lipinski definition) is 4. The first-order valence-corrected chi connectivity index (χ1v) is 8.20. The molecular weight excluding hydrogens is 331 g/mol. The maximum absolute atomic E-state index is 13.1. The standard InChI is InChI=1S/C13H10ClFN4O2S/c14-11-5-9(1-3-12(11)15)7-22(20,21)18-10-2-4-13-17-16-8-19(13)6-10/h1-6,8,18H,7H2. The number of aromatic nitrogens is 3. The SMILES string of the molecule is O=S(=O)(Cc1ccc(F)c(Cl)c1)Nc1ccc2nncn2c1. The summed E-state index contributed by atoms with van der Waals surface area (Å²) >= 11 is 5.65. The first-order valence-electron chi connectivity index (χ1n) is 6.17. The summed E-state index contributed by atoms with van der Waals surface area (Å²) in [6, 6.07) is 7.03. The fourth-order valence-electron chi connectivity index (χ4n) is 1.95. The lowest BCUT2D eigenvalue weighted by Crippen LogP contribution is -2.15. The van der Waals surface area contributed by atoms with E-state index in [1.54, 1.807) is 22.7 Å². The predicted octanol–water partition coefficient (Wildman–Crippen LogP) is 2.46. The number of hydrogen-bond donors (Lipinski definition) is 1. The van der Waals surface area contributed by atoms with Gasteiger partial charge >= 0.3 is 0 Å². The van der Waals surface area contributed by atoms with Crippen molar-refractivity contribution >= 4 is 33.0 Å². The summed E-state index contributed by atoms with van der Waals surface area (Å²) in [6.07, 6.45) is 3.03. The fraction of sp³-hybridized carbons (Fsp3) is 0.0769. The predicted molar refractivity (Wildman–Crippen MR) is 80.6 cm³/mol. The van der Waals surface area contributed by atoms with Crippen molar-refractivity contribution in [3.05, 3.63) is 59.3 Å². The van der Waals surface area contributed by atoms with Crippen molar-refractivity contribution in [3.8, 4) is 0 Å². The quantitative estimate of drug-likeness (QED) is 0.791. The molecule has 9 heteroatoms. The highest BCUT2D eigenvalue weighted by molar-refractivity contribution is 7.91. The van der Waals surface area contributed by atoms with Gasteiger partial charge in [0.2, 0.25) is 10.0 Å². The lowest BCUT2D eigenvalue weighted by Gasteiger charge is -2.09. The molecule has 22 heavy (non-hydrogen) atoms. The highest BCUT2D eigenvalue weighted by Crippen LogP contribution is 2.19. The van der Waals surface area contributed by atoms with E-state index in [1.165, 1.54) is 18.5 Å². The third-order valence-electron chi connectivity index (χ3n) is 2.90. The molecule has 114 valence electrons. The zero-order valence-electron chi connectivity index (χ0n) is 11.1. The van der Waals surface area contributed by atoms with Crippen molar-refractivity contribution in [3.63, 3.8) is 0 Å². The Labute approximate surface area is 130 Å². The van der Waals surface area contributed by atoms with Gasteiger partial charge < -0.3 is 0 Å². The van der Waals surface area contributed by atoms with Crippen LogP contribution in [0.4, 0.5) is 10.1 Å². The van der Waals surface area contributed by atoms with Gasteiger partial charge in [-0.1, -0.05) is 17.7 Å². The number of fused-ring (bicyclic) bond motifs is 1. The zero-order chi connectivity index (χ0) is 15.7. The topological polar surface area (TPSA) is 76.4 Å². The summed E-state index contributed by atoms with van der Waals surface area (Å²) in [5.74, 6) is -0.901. The molecule has 3 aromatic rings. The second-order valence-corrected chi connectivity index (χ2v) is 6.75. The smallest absolute Gasteiger partial charge is 0.236 e. The Kier molecular flexibility index (Phi) is 3.71. The number of pyridine rings is 1. The van der Waals surface area contributed by atoms with Crippen LogP contribution in [0.3, 0.4) is 0 Å². The minimum Gasteiger partial charge on any atom is -0.287 e. The van der Waals surface area contributed by atoms with Crippen LogP contribution in [0, 0.1) is 5.82 Å². The molecule has 0 spiro atoms. The molecule has 1 aromatic carbocycles. The van der Waals surface area contributed by atoms with Gasteiger partial charge in [0, 0.05) is 6.20 Å². The van der Waals surface area contributed by atoms with Crippen molar-refractivity contribution in [2.24, 2.45) is 0 Å². The molecule has 0 bridgehead atoms. The number of nitrogens with zero attached hydrogens (tertiary/aromatic N) is 3. The largest absolute Gasteiger partial charge is 0.287 e. The van der Waals surface area contributed by atoms with Crippen LogP contribution < -0.4 is 4.72 Å². The van der Waals surface area contributed by atoms with Gasteiger partial charge in [0.1, 0.15) is 12.1 Å². The molecule has 0 saturated carbocycles. The Morgan fingerprint density at radius 1 is 1.27 bits per heavy atom. The summed E-state index contributed by atoms with van der Waals surface area (Å²) in [7, 11) is -3.65. The van der Waals surface area contributed by atoms with Gasteiger partial charge in [-0.25, -0.2) is 12.8 Å². The minimum atomic E-state index is -3.65. The monoisotopic (exact) mass is 340 g/mol. The molecule has 0 radical (unpaired) electrons. The molecular formula is C13H10ClFN4O2S. The van der Waals surface area contributed by atoms with E-state index in [4.69, 9.17) is 11.6 Å². The Morgan fingerprint density at radius 3 is 2.86 bits per heavy atom. The molecule has 0 fully saturated rings. The van der Waals surface area contributed by atoms with Crippen LogP contribution in [0.25, 0.3) is 5.65 Å². The fourth-order valence-corrected chi connectivity index (χ4v) is 3.33. The van der Waals surface area contributed by atoms with E-state index < -0.39 is 15.8 Å². The van der Waals surface area contributed by atoms with E-state index in [2.05, 4.69) is 14.9 Å². The molecule has 0 aliphatic heterocycles. The molecule has 0 aliphatic rings. The number of halogens is 2. The molecule has 0 atom stereocenters. The van der Waals surface area contributed by atoms with Gasteiger partial charge in [0.15, 0.2) is 5.65 Å². The van der Waals surface area contributed by atoms with Crippen LogP contribution in [0.15, 0.2) is 42.9 Å². The lowest BCUT2D eigenvalue weighted by atomic mass is 10.2. The summed E-state index contributed by atoms with van der Waals surface area (Å²) < 4.78 is 41.4. The van der Waals surface area contributed by atoms with Gasteiger partial charge in [0.25, 0.3) is 0 Å². The van der Waals surface area contributed by atoms with E-state index in [-0.39, 0.29) is 10.8 Å². The Hall–Kier alpha value is -2.19. The van der Waals surface area contributed by atoms with Crippen LogP contribution in [-0.2, 0) is 15.8 Å². The van der Waals surface area contributed by atoms with Crippen molar-refractivity contribution in [1.82, 2.24) is 14.6 Å². The van der Waals surface area contributed by atoms with Crippen LogP contribution >= 0.6 is 11.6 Å². The second-order valence-electron chi connectivity index (χ2n) is 4.62. The Balaban J connectivity index is 1.81. The summed E-state index contributed by atoms with van der Waals surface area (Å²) in [6.45, 7) is 0. The maximum Gasteiger partial charge on any atom is 0.236 e. The summed E-state index contributed by atoms with van der Waals surface area (Å²) in [5, 5.41) is 7.43. The average Bonchev–Trinajstić information content (AvgIpc) is 2.89. The molecule has 0 amide bonds. The molecule has 1 N–H and O–H groups in total. The molecule has 0 saturated heterocycles. The summed E-state index contributed by atoms with van der Waals surface area (Å²) in [4.78, 5) is 0. The second kappa shape index (κ2) is 5.54. The summed E-state index contributed by atoms with van der Waals surface area (Å²) in [5.41, 5.74) is 1.37. The number of benzene rings is 1. The van der Waals surface area contributed by atoms with Crippen molar-refractivity contribution in [2.75, 3.05) is 4.72 Å². The molecule has 2 heterocycles. The first-order chi connectivity index (χ1) is 10.4. The van der Waals surface area contributed by atoms with Gasteiger partial charge in [-0.3, -0.25) is 9.12 Å². The van der Waals surface area contributed by atoms with Gasteiger partial charge in [-0.2, -0.15) is 0 Å². The highest BCUT2D eigenvalue weighted by atomic mass is 35.5. The third kappa shape index (κ3) is 3.18. The maximum atomic E-state index is 13.1. The number of sulfonamides is 1. The van der Waals surface area contributed by atoms with Crippen LogP contribution in [0.2, 0.25) is 5.02 Å². The Morgan fingerprint density at radius 2 is 2.09 bits per heavy atom. The van der Waals surface area contributed by atoms with E-state index >= 15 is 0 Å². The molecule has 3 rings (SSSR count). The normalized spacial score (nSPS) is 11.7. The number of nitrogens with one attached hydrogen (secondary N) is 1. The molecule has 2 aromatic heterocycles. The minimum absolute atomic E-state index is 0.112. The molecule has 0 unspecified atom stereocenters. The number of rotatable bonds is 4. The van der Waals surface area contributed by atoms with Gasteiger partial charge in [-0.15, -0.1) is 10.2 Å². The van der Waals surface area contributed by atoms with Crippen LogP contribution in [0.1, 0.15) is 5.56 Å². The third-order valence-corrected chi connectivity index (χ3v) is 4.45. The number of anilines is 1. The van der Waals surface area contributed by atoms with E-state index in [0.717, 1.165) is 6.07 Å². The van der Waals surface area contributed by atoms with Crippen molar-refractivity contribution in [2.45, 2.75) is 5.75 Å². The van der Waals surface area contributed by atoms with Crippen molar-refractivity contribution < 1.29 is 12.8 Å². The van der Waals surface area contributed by atoms with E-state index in [0.29, 0.717) is 16.9 Å². The zero-order valence-corrected chi connectivity index (χ0v) is 12.6. The van der Waals surface area contributed by atoms with Gasteiger partial charge in [-0.05, 0) is 29.8 Å². The van der Waals surface area contributed by atoms with E-state index in [1.807, 2.05) is 0 Å². The average molecular weight is 341 g/mol. The Bertz CT molecular complexity index is 942. The van der Waals surface area contributed by atoms with E-state index in [9.17, 15) is 12.8 Å². The van der Waals surface area contributed by atoms with Crippen molar-refractivity contribution in [1.29, 1.82) is 0 Å².